The summed E-state index contributed by atoms with van der Waals surface area (Å²) in [5.41, 5.74) is 9.75. The number of rotatable bonds is 5. The van der Waals surface area contributed by atoms with Crippen LogP contribution in [0.1, 0.15) is 48.0 Å². The van der Waals surface area contributed by atoms with Gasteiger partial charge in [0, 0.05) is 12.1 Å². The van der Waals surface area contributed by atoms with Crippen molar-refractivity contribution in [3.05, 3.63) is 28.3 Å². The van der Waals surface area contributed by atoms with Gasteiger partial charge in [-0.25, -0.2) is 9.59 Å². The van der Waals surface area contributed by atoms with Gasteiger partial charge in [0.2, 0.25) is 0 Å². The molecule has 31 heavy (non-hydrogen) atoms. The number of anilines is 2. The number of carbonyl (C=O) groups excluding carboxylic acids is 2. The van der Waals surface area contributed by atoms with Crippen molar-refractivity contribution in [3.8, 4) is 0 Å². The molecule has 6 N–H and O–H groups in total. The summed E-state index contributed by atoms with van der Waals surface area (Å²) in [6.45, 7) is 9.95. The van der Waals surface area contributed by atoms with Gasteiger partial charge in [0.25, 0.3) is 5.69 Å². The van der Waals surface area contributed by atoms with Gasteiger partial charge >= 0.3 is 18.0 Å². The van der Waals surface area contributed by atoms with Crippen molar-refractivity contribution in [3.63, 3.8) is 0 Å². The van der Waals surface area contributed by atoms with Crippen LogP contribution in [0.2, 0.25) is 0 Å². The number of ether oxygens (including phenoxy) is 2. The van der Waals surface area contributed by atoms with Gasteiger partial charge in [0.05, 0.1) is 22.7 Å². The second-order valence-electron chi connectivity index (χ2n) is 8.40. The van der Waals surface area contributed by atoms with Crippen LogP contribution in [0, 0.1) is 10.1 Å². The van der Waals surface area contributed by atoms with E-state index >= 15 is 0 Å². The summed E-state index contributed by atoms with van der Waals surface area (Å²) in [7, 11) is 0. The molecule has 0 spiro atoms. The first kappa shape index (κ1) is 27.4. The zero-order chi connectivity index (χ0) is 24.6. The molecule has 0 aliphatic rings. The molecule has 174 valence electrons. The fourth-order valence-corrected chi connectivity index (χ4v) is 1.88. The lowest BCUT2D eigenvalue weighted by atomic mass is 10.1. The number of nitrogens with two attached hydrogens (primary N) is 2. The zero-order valence-electron chi connectivity index (χ0n) is 18.4. The number of carboxylic acids is 1. The summed E-state index contributed by atoms with van der Waals surface area (Å²) in [5, 5.41) is 21.3. The van der Waals surface area contributed by atoms with E-state index < -0.39 is 46.6 Å². The smallest absolute Gasteiger partial charge is 0.408 e. The molecule has 1 unspecified atom stereocenters. The first-order chi connectivity index (χ1) is 13.9. The minimum Gasteiger partial charge on any atom is -0.480 e. The Bertz CT molecular complexity index is 782. The van der Waals surface area contributed by atoms with Crippen molar-refractivity contribution >= 4 is 35.1 Å². The molecule has 12 heteroatoms. The third-order valence-corrected chi connectivity index (χ3v) is 3.06. The van der Waals surface area contributed by atoms with Gasteiger partial charge in [-0.1, -0.05) is 0 Å². The minimum absolute atomic E-state index is 0.0447. The molecule has 1 aromatic rings. The maximum atomic E-state index is 11.6. The highest BCUT2D eigenvalue weighted by Crippen LogP contribution is 2.20. The Morgan fingerprint density at radius 3 is 1.97 bits per heavy atom. The lowest BCUT2D eigenvalue weighted by molar-refractivity contribution is -0.384. The molecule has 1 atom stereocenters. The number of amides is 1. The van der Waals surface area contributed by atoms with E-state index in [0.29, 0.717) is 5.69 Å². The number of aliphatic carboxylic acids is 1. The fraction of sp³-hybridized carbons (Fsp3) is 0.526. The van der Waals surface area contributed by atoms with E-state index in [1.54, 1.807) is 41.5 Å². The number of carbonyl (C=O) groups is 3. The number of hydrogen-bond acceptors (Lipinski definition) is 9. The average molecular weight is 442 g/mol. The Kier molecular flexibility index (Phi) is 9.73. The van der Waals surface area contributed by atoms with Crippen LogP contribution in [0.25, 0.3) is 0 Å². The number of hydrogen-bond donors (Lipinski definition) is 4. The maximum Gasteiger partial charge on any atom is 0.408 e. The molecule has 0 fully saturated rings. The predicted octanol–water partition coefficient (Wildman–Crippen LogP) is 2.46. The summed E-state index contributed by atoms with van der Waals surface area (Å²) in [5.74, 6) is -2.04. The number of carboxylic acid groups (broad SMARTS) is 1. The van der Waals surface area contributed by atoms with Crippen LogP contribution < -0.4 is 16.8 Å². The van der Waals surface area contributed by atoms with Crippen molar-refractivity contribution in [2.75, 3.05) is 11.5 Å². The highest BCUT2D eigenvalue weighted by atomic mass is 16.6. The molecule has 0 aliphatic carbocycles. The largest absolute Gasteiger partial charge is 0.480 e. The molecular weight excluding hydrogens is 412 g/mol. The van der Waals surface area contributed by atoms with E-state index in [1.165, 1.54) is 18.2 Å². The Balaban J connectivity index is 0.000000683. The molecule has 0 bridgehead atoms. The van der Waals surface area contributed by atoms with Crippen molar-refractivity contribution in [1.29, 1.82) is 0 Å². The van der Waals surface area contributed by atoms with Crippen LogP contribution in [0.3, 0.4) is 0 Å². The normalized spacial score (nSPS) is 11.9. The fourth-order valence-electron chi connectivity index (χ4n) is 1.88. The predicted molar refractivity (Wildman–Crippen MR) is 113 cm³/mol. The van der Waals surface area contributed by atoms with Crippen LogP contribution in [-0.4, -0.2) is 45.3 Å². The number of esters is 1. The number of nitro benzene ring substituents is 1. The second-order valence-corrected chi connectivity index (χ2v) is 8.40. The van der Waals surface area contributed by atoms with Gasteiger partial charge in [0.1, 0.15) is 17.2 Å². The molecule has 0 saturated heterocycles. The molecule has 0 heterocycles. The van der Waals surface area contributed by atoms with Crippen LogP contribution in [0.4, 0.5) is 21.9 Å². The average Bonchev–Trinajstić information content (AvgIpc) is 2.53. The van der Waals surface area contributed by atoms with Crippen LogP contribution in [0.5, 0.6) is 0 Å². The molecular formula is C19H30N4O8. The van der Waals surface area contributed by atoms with Crippen molar-refractivity contribution in [2.24, 2.45) is 0 Å². The number of nitrogens with one attached hydrogen (secondary N) is 1. The van der Waals surface area contributed by atoms with Crippen LogP contribution >= 0.6 is 0 Å². The highest BCUT2D eigenvalue weighted by molar-refractivity contribution is 5.85. The Morgan fingerprint density at radius 2 is 1.58 bits per heavy atom. The van der Waals surface area contributed by atoms with E-state index in [0.717, 1.165) is 0 Å². The third-order valence-electron chi connectivity index (χ3n) is 3.06. The first-order valence-corrected chi connectivity index (χ1v) is 9.15. The zero-order valence-corrected chi connectivity index (χ0v) is 18.4. The monoisotopic (exact) mass is 442 g/mol. The van der Waals surface area contributed by atoms with E-state index in [2.05, 4.69) is 5.32 Å². The number of non-ortho nitro benzene ring substituents is 1. The van der Waals surface area contributed by atoms with E-state index in [-0.39, 0.29) is 11.4 Å². The SMILES string of the molecule is CC(C)(C)OC(=O)CC(NC(=O)OC(C)(C)C)C(=O)O.Nc1ccc([N+](=O)[O-])cc1N. The molecule has 12 nitrogen and oxygen atoms in total. The second kappa shape index (κ2) is 11.0. The van der Waals surface area contributed by atoms with Gasteiger partial charge in [-0.15, -0.1) is 0 Å². The van der Waals surface area contributed by atoms with Gasteiger partial charge in [-0.3, -0.25) is 14.9 Å². The molecule has 1 amide bonds. The van der Waals surface area contributed by atoms with Crippen LogP contribution in [-0.2, 0) is 19.1 Å². The Hall–Kier alpha value is -3.57. The van der Waals surface area contributed by atoms with Crippen molar-refractivity contribution in [1.82, 2.24) is 5.32 Å². The van der Waals surface area contributed by atoms with E-state index in [9.17, 15) is 24.5 Å². The van der Waals surface area contributed by atoms with E-state index in [4.69, 9.17) is 26.0 Å². The molecule has 1 rings (SSSR count). The number of nitrogen functional groups attached to an aromatic ring is 2. The quantitative estimate of drug-likeness (QED) is 0.227. The molecule has 0 saturated carbocycles. The first-order valence-electron chi connectivity index (χ1n) is 9.15. The topological polar surface area (TPSA) is 197 Å². The summed E-state index contributed by atoms with van der Waals surface area (Å²) in [6, 6.07) is 2.56. The van der Waals surface area contributed by atoms with Crippen molar-refractivity contribution in [2.45, 2.75) is 65.2 Å². The molecule has 0 aliphatic heterocycles. The lowest BCUT2D eigenvalue weighted by Crippen LogP contribution is -2.45. The maximum absolute atomic E-state index is 11.6. The number of alkyl carbamates (subject to hydrolysis) is 1. The standard InChI is InChI=1S/C13H23NO6.C6H7N3O2/c1-12(2,3)19-9(15)7-8(10(16)17)14-11(18)20-13(4,5)6;7-5-2-1-4(9(10)11)3-6(5)8/h8H,7H2,1-6H3,(H,14,18)(H,16,17);1-3H,7-8H2. The number of nitrogens with zero attached hydrogens (tertiary/aromatic N) is 1. The molecule has 0 radical (unpaired) electrons. The summed E-state index contributed by atoms with van der Waals surface area (Å²) >= 11 is 0. The van der Waals surface area contributed by atoms with E-state index in [1.807, 2.05) is 0 Å². The van der Waals surface area contributed by atoms with Gasteiger partial charge in [-0.2, -0.15) is 0 Å². The lowest BCUT2D eigenvalue weighted by Gasteiger charge is -2.23. The number of nitro groups is 1. The molecule has 1 aromatic carbocycles. The Labute approximate surface area is 180 Å². The Morgan fingerprint density at radius 1 is 1.06 bits per heavy atom. The number of benzene rings is 1. The van der Waals surface area contributed by atoms with Crippen molar-refractivity contribution < 1.29 is 33.9 Å². The van der Waals surface area contributed by atoms with Crippen LogP contribution in [0.15, 0.2) is 18.2 Å². The third kappa shape index (κ3) is 12.6. The highest BCUT2D eigenvalue weighted by Gasteiger charge is 2.28. The van der Waals surface area contributed by atoms with Gasteiger partial charge in [0.15, 0.2) is 0 Å². The minimum atomic E-state index is -1.39. The summed E-state index contributed by atoms with van der Waals surface area (Å²) in [6.07, 6.45) is -1.36. The van der Waals surface area contributed by atoms with Gasteiger partial charge in [-0.05, 0) is 47.6 Å². The summed E-state index contributed by atoms with van der Waals surface area (Å²) < 4.78 is 9.94. The molecule has 0 aromatic heterocycles. The summed E-state index contributed by atoms with van der Waals surface area (Å²) in [4.78, 5) is 43.7. The van der Waals surface area contributed by atoms with Gasteiger partial charge < -0.3 is 31.4 Å².